The van der Waals surface area contributed by atoms with Crippen LogP contribution < -0.4 is 10.5 Å². The Kier molecular flexibility index (Phi) is 5.12. The van der Waals surface area contributed by atoms with E-state index in [-0.39, 0.29) is 24.0 Å². The van der Waals surface area contributed by atoms with Crippen LogP contribution in [-0.2, 0) is 13.1 Å². The maximum absolute atomic E-state index is 13.2. The Morgan fingerprint density at radius 2 is 2.17 bits per heavy atom. The molecule has 1 aromatic heterocycles. The molecule has 0 aliphatic carbocycles. The van der Waals surface area contributed by atoms with Crippen molar-refractivity contribution in [2.75, 3.05) is 7.11 Å². The molecule has 0 amide bonds. The van der Waals surface area contributed by atoms with Crippen LogP contribution in [0.3, 0.4) is 0 Å². The number of ether oxygens (including phenoxy) is 1. The van der Waals surface area contributed by atoms with Crippen LogP contribution in [0.1, 0.15) is 11.1 Å². The molecule has 0 aliphatic heterocycles. The fourth-order valence-corrected chi connectivity index (χ4v) is 1.59. The molecule has 18 heavy (non-hydrogen) atoms. The van der Waals surface area contributed by atoms with E-state index in [1.807, 2.05) is 6.20 Å². The van der Waals surface area contributed by atoms with Crippen molar-refractivity contribution in [3.63, 3.8) is 0 Å². The molecular weight excluding hydrogens is 257 g/mol. The molecule has 2 N–H and O–H groups in total. The molecule has 6 heteroatoms. The Morgan fingerprint density at radius 3 is 2.78 bits per heavy atom. The average molecular weight is 272 g/mol. The molecule has 1 aromatic carbocycles. The predicted octanol–water partition coefficient (Wildman–Crippen LogP) is 1.96. The van der Waals surface area contributed by atoms with Crippen LogP contribution in [0.2, 0.25) is 0 Å². The third-order valence-electron chi connectivity index (χ3n) is 2.48. The van der Waals surface area contributed by atoms with Gasteiger partial charge in [-0.2, -0.15) is 5.10 Å². The Morgan fingerprint density at radius 1 is 1.39 bits per heavy atom. The van der Waals surface area contributed by atoms with Crippen LogP contribution in [0.25, 0.3) is 0 Å². The monoisotopic (exact) mass is 271 g/mol. The van der Waals surface area contributed by atoms with Crippen molar-refractivity contribution in [2.24, 2.45) is 5.73 Å². The van der Waals surface area contributed by atoms with Crippen molar-refractivity contribution >= 4 is 12.4 Å². The van der Waals surface area contributed by atoms with E-state index in [9.17, 15) is 4.39 Å². The lowest BCUT2D eigenvalue weighted by Gasteiger charge is -2.05. The van der Waals surface area contributed by atoms with Gasteiger partial charge in [-0.1, -0.05) is 6.07 Å². The first kappa shape index (κ1) is 14.5. The van der Waals surface area contributed by atoms with Crippen LogP contribution in [0, 0.1) is 5.82 Å². The first-order chi connectivity index (χ1) is 8.22. The molecule has 0 unspecified atom stereocenters. The van der Waals surface area contributed by atoms with Gasteiger partial charge in [-0.05, 0) is 17.7 Å². The summed E-state index contributed by atoms with van der Waals surface area (Å²) in [6, 6.07) is 4.77. The second-order valence-corrected chi connectivity index (χ2v) is 3.72. The topological polar surface area (TPSA) is 53.1 Å². The third kappa shape index (κ3) is 3.21. The number of rotatable bonds is 4. The van der Waals surface area contributed by atoms with Crippen LogP contribution in [0.5, 0.6) is 5.75 Å². The Labute approximate surface area is 111 Å². The van der Waals surface area contributed by atoms with Crippen LogP contribution in [0.4, 0.5) is 4.39 Å². The summed E-state index contributed by atoms with van der Waals surface area (Å²) >= 11 is 0. The summed E-state index contributed by atoms with van der Waals surface area (Å²) in [5.74, 6) is -0.118. The van der Waals surface area contributed by atoms with E-state index < -0.39 is 0 Å². The van der Waals surface area contributed by atoms with Gasteiger partial charge in [0.15, 0.2) is 11.6 Å². The Bertz CT molecular complexity index is 516. The molecule has 0 aliphatic rings. The maximum atomic E-state index is 13.2. The summed E-state index contributed by atoms with van der Waals surface area (Å²) in [6.45, 7) is 1.03. The van der Waals surface area contributed by atoms with E-state index in [4.69, 9.17) is 10.5 Å². The van der Waals surface area contributed by atoms with Gasteiger partial charge in [0.05, 0.1) is 19.9 Å². The van der Waals surface area contributed by atoms with Crippen molar-refractivity contribution in [3.05, 3.63) is 47.5 Å². The summed E-state index contributed by atoms with van der Waals surface area (Å²) in [4.78, 5) is 0. The summed E-state index contributed by atoms with van der Waals surface area (Å²) in [7, 11) is 1.45. The van der Waals surface area contributed by atoms with Crippen molar-refractivity contribution in [1.82, 2.24) is 9.78 Å². The number of halogens is 2. The molecule has 2 aromatic rings. The van der Waals surface area contributed by atoms with E-state index >= 15 is 0 Å². The van der Waals surface area contributed by atoms with E-state index in [1.54, 1.807) is 23.0 Å². The zero-order chi connectivity index (χ0) is 12.3. The van der Waals surface area contributed by atoms with Gasteiger partial charge < -0.3 is 10.5 Å². The highest BCUT2D eigenvalue weighted by atomic mass is 35.5. The van der Waals surface area contributed by atoms with Gasteiger partial charge in [0, 0.05) is 18.3 Å². The summed E-state index contributed by atoms with van der Waals surface area (Å²) in [6.07, 6.45) is 3.59. The maximum Gasteiger partial charge on any atom is 0.165 e. The van der Waals surface area contributed by atoms with Crippen LogP contribution >= 0.6 is 12.4 Å². The summed E-state index contributed by atoms with van der Waals surface area (Å²) in [5, 5.41) is 4.16. The van der Waals surface area contributed by atoms with Crippen LogP contribution in [0.15, 0.2) is 30.6 Å². The molecule has 98 valence electrons. The number of benzene rings is 1. The van der Waals surface area contributed by atoms with Gasteiger partial charge in [0.25, 0.3) is 0 Å². The number of nitrogens with zero attached hydrogens (tertiary/aromatic N) is 2. The minimum Gasteiger partial charge on any atom is -0.494 e. The van der Waals surface area contributed by atoms with Gasteiger partial charge in [0.2, 0.25) is 0 Å². The summed E-state index contributed by atoms with van der Waals surface area (Å²) in [5.41, 5.74) is 7.40. The van der Waals surface area contributed by atoms with Gasteiger partial charge in [-0.25, -0.2) is 4.39 Å². The Hall–Kier alpha value is -1.59. The first-order valence-corrected chi connectivity index (χ1v) is 5.26. The van der Waals surface area contributed by atoms with E-state index in [2.05, 4.69) is 5.10 Å². The molecule has 1 heterocycles. The molecule has 0 saturated heterocycles. The molecule has 0 radical (unpaired) electrons. The zero-order valence-electron chi connectivity index (χ0n) is 9.97. The number of hydrogen-bond donors (Lipinski definition) is 1. The predicted molar refractivity (Wildman–Crippen MR) is 69.4 cm³/mol. The third-order valence-corrected chi connectivity index (χ3v) is 2.48. The second kappa shape index (κ2) is 6.37. The molecule has 2 rings (SSSR count). The molecule has 0 bridgehead atoms. The number of nitrogens with two attached hydrogens (primary N) is 1. The molecule has 4 nitrogen and oxygen atoms in total. The minimum atomic E-state index is -0.362. The first-order valence-electron chi connectivity index (χ1n) is 5.26. The standard InChI is InChI=1S/C12H14FN3O.ClH/c1-17-12-4-9(2-3-11(12)13)7-16-8-10(5-14)6-15-16;/h2-4,6,8H,5,7,14H2,1H3;1H. The average Bonchev–Trinajstić information content (AvgIpc) is 2.79. The van der Waals surface area contributed by atoms with Gasteiger partial charge in [-0.15, -0.1) is 12.4 Å². The smallest absolute Gasteiger partial charge is 0.165 e. The molecule has 0 fully saturated rings. The van der Waals surface area contributed by atoms with E-state index in [0.29, 0.717) is 13.1 Å². The van der Waals surface area contributed by atoms with Crippen molar-refractivity contribution in [1.29, 1.82) is 0 Å². The fourth-order valence-electron chi connectivity index (χ4n) is 1.59. The van der Waals surface area contributed by atoms with Crippen molar-refractivity contribution in [2.45, 2.75) is 13.1 Å². The zero-order valence-corrected chi connectivity index (χ0v) is 10.8. The summed E-state index contributed by atoms with van der Waals surface area (Å²) < 4.78 is 19.9. The van der Waals surface area contributed by atoms with E-state index in [0.717, 1.165) is 11.1 Å². The SMILES string of the molecule is COc1cc(Cn2cc(CN)cn2)ccc1F.Cl. The van der Waals surface area contributed by atoms with Gasteiger partial charge in [0.1, 0.15) is 0 Å². The highest BCUT2D eigenvalue weighted by Crippen LogP contribution is 2.18. The second-order valence-electron chi connectivity index (χ2n) is 3.72. The van der Waals surface area contributed by atoms with Crippen LogP contribution in [-0.4, -0.2) is 16.9 Å². The lowest BCUT2D eigenvalue weighted by atomic mass is 10.2. The largest absolute Gasteiger partial charge is 0.494 e. The van der Waals surface area contributed by atoms with Gasteiger partial charge >= 0.3 is 0 Å². The molecular formula is C12H15ClFN3O. The molecule has 0 atom stereocenters. The highest BCUT2D eigenvalue weighted by molar-refractivity contribution is 5.85. The quantitative estimate of drug-likeness (QED) is 0.925. The number of aromatic nitrogens is 2. The van der Waals surface area contributed by atoms with Crippen molar-refractivity contribution in [3.8, 4) is 5.75 Å². The Balaban J connectivity index is 0.00000162. The van der Waals surface area contributed by atoms with Crippen molar-refractivity contribution < 1.29 is 9.13 Å². The minimum absolute atomic E-state index is 0. The lowest BCUT2D eigenvalue weighted by molar-refractivity contribution is 0.385. The number of hydrogen-bond acceptors (Lipinski definition) is 3. The molecule has 0 saturated carbocycles. The highest BCUT2D eigenvalue weighted by Gasteiger charge is 2.04. The lowest BCUT2D eigenvalue weighted by Crippen LogP contribution is -2.01. The van der Waals surface area contributed by atoms with Gasteiger partial charge in [-0.3, -0.25) is 4.68 Å². The molecule has 0 spiro atoms. The van der Waals surface area contributed by atoms with E-state index in [1.165, 1.54) is 13.2 Å². The fraction of sp³-hybridized carbons (Fsp3) is 0.250. The number of methoxy groups -OCH3 is 1. The normalized spacial score (nSPS) is 9.94.